The van der Waals surface area contributed by atoms with E-state index < -0.39 is 5.92 Å². The summed E-state index contributed by atoms with van der Waals surface area (Å²) in [4.78, 5) is 27.7. The second kappa shape index (κ2) is 8.41. The molecule has 0 saturated heterocycles. The van der Waals surface area contributed by atoms with Gasteiger partial charge in [-0.2, -0.15) is 5.10 Å². The molecule has 30 heavy (non-hydrogen) atoms. The number of nitrogens with zero attached hydrogens (tertiary/aromatic N) is 3. The molecule has 0 fully saturated rings. The Labute approximate surface area is 175 Å². The van der Waals surface area contributed by atoms with Gasteiger partial charge in [-0.25, -0.2) is 0 Å². The molecule has 1 aliphatic heterocycles. The highest BCUT2D eigenvalue weighted by molar-refractivity contribution is 5.95. The predicted molar refractivity (Wildman–Crippen MR) is 112 cm³/mol. The van der Waals surface area contributed by atoms with E-state index in [0.29, 0.717) is 25.2 Å². The van der Waals surface area contributed by atoms with Crippen molar-refractivity contribution in [1.29, 1.82) is 0 Å². The first-order chi connectivity index (χ1) is 14.5. The van der Waals surface area contributed by atoms with Crippen molar-refractivity contribution in [2.45, 2.75) is 19.0 Å². The monoisotopic (exact) mass is 404 g/mol. The summed E-state index contributed by atoms with van der Waals surface area (Å²) < 4.78 is 6.87. The fraction of sp³-hybridized carbons (Fsp3) is 0.261. The number of fused-ring (bicyclic) bond motifs is 1. The lowest BCUT2D eigenvalue weighted by molar-refractivity contribution is -0.123. The van der Waals surface area contributed by atoms with Crippen LogP contribution in [-0.2, 0) is 24.9 Å². The van der Waals surface area contributed by atoms with E-state index in [1.54, 1.807) is 28.8 Å². The van der Waals surface area contributed by atoms with Gasteiger partial charge >= 0.3 is 0 Å². The van der Waals surface area contributed by atoms with Crippen LogP contribution in [0.3, 0.4) is 0 Å². The number of benzene rings is 2. The predicted octanol–water partition coefficient (Wildman–Crippen LogP) is 2.48. The van der Waals surface area contributed by atoms with Gasteiger partial charge < -0.3 is 15.0 Å². The Hall–Kier alpha value is -3.61. The van der Waals surface area contributed by atoms with Gasteiger partial charge in [-0.05, 0) is 29.8 Å². The molecular formula is C23H24N4O3. The molecule has 1 atom stereocenters. The number of nitrogens with one attached hydrogen (secondary N) is 1. The van der Waals surface area contributed by atoms with Gasteiger partial charge in [0.15, 0.2) is 0 Å². The number of methoxy groups -OCH3 is 1. The molecule has 7 nitrogen and oxygen atoms in total. The molecule has 3 aromatic rings. The van der Waals surface area contributed by atoms with Gasteiger partial charge in [-0.1, -0.05) is 30.3 Å². The number of aromatic nitrogens is 2. The van der Waals surface area contributed by atoms with Crippen molar-refractivity contribution < 1.29 is 14.3 Å². The zero-order valence-corrected chi connectivity index (χ0v) is 17.0. The second-order valence-corrected chi connectivity index (χ2v) is 7.38. The van der Waals surface area contributed by atoms with E-state index in [0.717, 1.165) is 22.6 Å². The van der Waals surface area contributed by atoms with Crippen LogP contribution in [0.15, 0.2) is 60.8 Å². The van der Waals surface area contributed by atoms with Crippen molar-refractivity contribution in [3.63, 3.8) is 0 Å². The minimum absolute atomic E-state index is 0.0851. The zero-order chi connectivity index (χ0) is 21.1. The van der Waals surface area contributed by atoms with Gasteiger partial charge in [0.1, 0.15) is 5.75 Å². The molecule has 4 rings (SSSR count). The van der Waals surface area contributed by atoms with Gasteiger partial charge in [0.2, 0.25) is 5.91 Å². The number of ether oxygens (including phenoxy) is 1. The van der Waals surface area contributed by atoms with Gasteiger partial charge in [-0.3, -0.25) is 14.3 Å². The highest BCUT2D eigenvalue weighted by atomic mass is 16.5. The largest absolute Gasteiger partial charge is 0.497 e. The molecule has 154 valence electrons. The van der Waals surface area contributed by atoms with Crippen LogP contribution in [0, 0.1) is 0 Å². The first-order valence-corrected chi connectivity index (χ1v) is 9.82. The van der Waals surface area contributed by atoms with E-state index >= 15 is 0 Å². The number of carbonyl (C=O) groups excluding carboxylic acids is 2. The van der Waals surface area contributed by atoms with E-state index in [2.05, 4.69) is 10.4 Å². The standard InChI is InChI=1S/C23H24N4O3/c1-26-13-18-14-27(23(29)17-6-4-3-5-7-17)15-20(21(18)25-26)22(28)24-12-16-8-10-19(30-2)11-9-16/h3-11,13,20H,12,14-15H2,1-2H3,(H,24,28). The summed E-state index contributed by atoms with van der Waals surface area (Å²) in [5.41, 5.74) is 3.22. The fourth-order valence-electron chi connectivity index (χ4n) is 3.73. The summed E-state index contributed by atoms with van der Waals surface area (Å²) in [5, 5.41) is 7.49. The van der Waals surface area contributed by atoms with Gasteiger partial charge in [-0.15, -0.1) is 0 Å². The molecule has 0 aliphatic carbocycles. The number of carbonyl (C=O) groups is 2. The highest BCUT2D eigenvalue weighted by Gasteiger charge is 2.35. The molecule has 2 heterocycles. The summed E-state index contributed by atoms with van der Waals surface area (Å²) in [6.45, 7) is 1.14. The maximum Gasteiger partial charge on any atom is 0.254 e. The van der Waals surface area contributed by atoms with Crippen molar-refractivity contribution in [1.82, 2.24) is 20.0 Å². The van der Waals surface area contributed by atoms with Crippen LogP contribution >= 0.6 is 0 Å². The third kappa shape index (κ3) is 4.05. The molecule has 2 amide bonds. The van der Waals surface area contributed by atoms with Crippen molar-refractivity contribution in [2.24, 2.45) is 7.05 Å². The Kier molecular flexibility index (Phi) is 5.52. The van der Waals surface area contributed by atoms with E-state index in [1.807, 2.05) is 55.7 Å². The lowest BCUT2D eigenvalue weighted by atomic mass is 9.95. The van der Waals surface area contributed by atoms with Gasteiger partial charge in [0.25, 0.3) is 5.91 Å². The van der Waals surface area contributed by atoms with Crippen LogP contribution in [0.4, 0.5) is 0 Å². The average molecular weight is 404 g/mol. The molecule has 7 heteroatoms. The normalized spacial score (nSPS) is 15.4. The summed E-state index contributed by atoms with van der Waals surface area (Å²) >= 11 is 0. The molecular weight excluding hydrogens is 380 g/mol. The van der Waals surface area contributed by atoms with Crippen LogP contribution in [0.2, 0.25) is 0 Å². The van der Waals surface area contributed by atoms with E-state index in [1.165, 1.54) is 0 Å². The third-order valence-corrected chi connectivity index (χ3v) is 5.28. The Bertz CT molecular complexity index is 1040. The van der Waals surface area contributed by atoms with Crippen molar-refractivity contribution in [3.05, 3.63) is 83.2 Å². The lowest BCUT2D eigenvalue weighted by Crippen LogP contribution is -2.43. The molecule has 1 aromatic heterocycles. The first-order valence-electron chi connectivity index (χ1n) is 9.82. The van der Waals surface area contributed by atoms with Crippen molar-refractivity contribution in [3.8, 4) is 5.75 Å². The molecule has 0 bridgehead atoms. The molecule has 0 spiro atoms. The number of amides is 2. The molecule has 1 aliphatic rings. The topological polar surface area (TPSA) is 76.5 Å². The molecule has 1 unspecified atom stereocenters. The summed E-state index contributed by atoms with van der Waals surface area (Å²) in [6, 6.07) is 16.7. The Balaban J connectivity index is 1.51. The minimum atomic E-state index is -0.513. The summed E-state index contributed by atoms with van der Waals surface area (Å²) in [7, 11) is 3.45. The smallest absolute Gasteiger partial charge is 0.254 e. The van der Waals surface area contributed by atoms with Gasteiger partial charge in [0.05, 0.1) is 18.7 Å². The second-order valence-electron chi connectivity index (χ2n) is 7.38. The third-order valence-electron chi connectivity index (χ3n) is 5.28. The van der Waals surface area contributed by atoms with Crippen molar-refractivity contribution >= 4 is 11.8 Å². The summed E-state index contributed by atoms with van der Waals surface area (Å²) in [5.74, 6) is 0.0285. The van der Waals surface area contributed by atoms with Gasteiger partial charge in [0, 0.05) is 44.0 Å². The molecule has 0 saturated carbocycles. The fourth-order valence-corrected chi connectivity index (χ4v) is 3.73. The molecule has 1 N–H and O–H groups in total. The van der Waals surface area contributed by atoms with Crippen LogP contribution in [-0.4, -0.2) is 40.1 Å². The minimum Gasteiger partial charge on any atom is -0.497 e. The number of aryl methyl sites for hydroxylation is 1. The SMILES string of the molecule is COc1ccc(CNC(=O)C2CN(C(=O)c3ccccc3)Cc3cn(C)nc32)cc1. The number of hydrogen-bond donors (Lipinski definition) is 1. The zero-order valence-electron chi connectivity index (χ0n) is 17.0. The van der Waals surface area contributed by atoms with Crippen LogP contribution in [0.5, 0.6) is 5.75 Å². The van der Waals surface area contributed by atoms with E-state index in [-0.39, 0.29) is 11.8 Å². The average Bonchev–Trinajstić information content (AvgIpc) is 3.17. The van der Waals surface area contributed by atoms with E-state index in [4.69, 9.17) is 4.74 Å². The molecule has 0 radical (unpaired) electrons. The Morgan fingerprint density at radius 3 is 2.57 bits per heavy atom. The maximum absolute atomic E-state index is 13.0. The van der Waals surface area contributed by atoms with Crippen molar-refractivity contribution in [2.75, 3.05) is 13.7 Å². The van der Waals surface area contributed by atoms with Crippen LogP contribution in [0.25, 0.3) is 0 Å². The lowest BCUT2D eigenvalue weighted by Gasteiger charge is -2.31. The Morgan fingerprint density at radius 2 is 1.87 bits per heavy atom. The first kappa shape index (κ1) is 19.7. The number of hydrogen-bond acceptors (Lipinski definition) is 4. The van der Waals surface area contributed by atoms with Crippen LogP contribution in [0.1, 0.15) is 33.1 Å². The Morgan fingerprint density at radius 1 is 1.13 bits per heavy atom. The van der Waals surface area contributed by atoms with E-state index in [9.17, 15) is 9.59 Å². The number of rotatable bonds is 5. The quantitative estimate of drug-likeness (QED) is 0.709. The highest BCUT2D eigenvalue weighted by Crippen LogP contribution is 2.28. The molecule has 2 aromatic carbocycles. The maximum atomic E-state index is 13.0. The summed E-state index contributed by atoms with van der Waals surface area (Å²) in [6.07, 6.45) is 1.88. The van der Waals surface area contributed by atoms with Crippen LogP contribution < -0.4 is 10.1 Å².